The summed E-state index contributed by atoms with van der Waals surface area (Å²) in [5.74, 6) is 2.49. The number of hydrogen-bond donors (Lipinski definition) is 2. The van der Waals surface area contributed by atoms with E-state index in [0.717, 1.165) is 63.9 Å². The topological polar surface area (TPSA) is 54.9 Å². The van der Waals surface area contributed by atoms with Crippen LogP contribution in [0.5, 0.6) is 5.75 Å². The average Bonchev–Trinajstić information content (AvgIpc) is 3.03. The molecular formula is C19H31N3O2. The predicted molar refractivity (Wildman–Crippen MR) is 99.0 cm³/mol. The largest absolute Gasteiger partial charge is 0.493 e. The quantitative estimate of drug-likeness (QED) is 0.414. The van der Waals surface area contributed by atoms with E-state index in [1.54, 1.807) is 7.05 Å². The van der Waals surface area contributed by atoms with E-state index in [2.05, 4.69) is 47.7 Å². The Kier molecular flexibility index (Phi) is 7.89. The molecule has 0 atom stereocenters. The molecule has 1 aliphatic rings. The van der Waals surface area contributed by atoms with Crippen molar-refractivity contribution in [2.24, 2.45) is 10.9 Å². The van der Waals surface area contributed by atoms with Gasteiger partial charge in [-0.05, 0) is 36.0 Å². The first kappa shape index (κ1) is 18.6. The second-order valence-electron chi connectivity index (χ2n) is 6.54. The van der Waals surface area contributed by atoms with Crippen molar-refractivity contribution < 1.29 is 9.47 Å². The fourth-order valence-corrected chi connectivity index (χ4v) is 2.64. The van der Waals surface area contributed by atoms with E-state index >= 15 is 0 Å². The highest BCUT2D eigenvalue weighted by atomic mass is 16.5. The van der Waals surface area contributed by atoms with Gasteiger partial charge in [0.15, 0.2) is 5.96 Å². The molecule has 1 aromatic rings. The molecule has 24 heavy (non-hydrogen) atoms. The molecule has 5 heteroatoms. The van der Waals surface area contributed by atoms with Crippen molar-refractivity contribution in [3.63, 3.8) is 0 Å². The molecule has 0 aliphatic carbocycles. The van der Waals surface area contributed by atoms with E-state index in [4.69, 9.17) is 9.47 Å². The third kappa shape index (κ3) is 6.40. The highest BCUT2D eigenvalue weighted by Gasteiger charge is 2.11. The molecule has 0 amide bonds. The van der Waals surface area contributed by atoms with Gasteiger partial charge in [0.2, 0.25) is 0 Å². The summed E-state index contributed by atoms with van der Waals surface area (Å²) in [5.41, 5.74) is 2.67. The molecular weight excluding hydrogens is 302 g/mol. The maximum absolute atomic E-state index is 5.58. The number of ether oxygens (including phenoxy) is 2. The summed E-state index contributed by atoms with van der Waals surface area (Å²) in [6, 6.07) is 6.49. The van der Waals surface area contributed by atoms with E-state index < -0.39 is 0 Å². The van der Waals surface area contributed by atoms with Gasteiger partial charge in [0.1, 0.15) is 5.75 Å². The molecule has 1 heterocycles. The van der Waals surface area contributed by atoms with Gasteiger partial charge in [-0.2, -0.15) is 0 Å². The monoisotopic (exact) mass is 333 g/mol. The van der Waals surface area contributed by atoms with Crippen molar-refractivity contribution >= 4 is 5.96 Å². The van der Waals surface area contributed by atoms with E-state index in [1.807, 2.05) is 0 Å². The van der Waals surface area contributed by atoms with Crippen LogP contribution in [0.25, 0.3) is 0 Å². The standard InChI is InChI=1S/C19H31N3O2/c1-15(2)14-23-11-4-9-21-19(20-3)22-10-7-16-5-6-18-17(13-16)8-12-24-18/h5-6,13,15H,4,7-12,14H2,1-3H3,(H2,20,21,22). The number of aliphatic imine (C=N–C) groups is 1. The van der Waals surface area contributed by atoms with Gasteiger partial charge < -0.3 is 20.1 Å². The van der Waals surface area contributed by atoms with Crippen molar-refractivity contribution in [3.8, 4) is 5.75 Å². The number of fused-ring (bicyclic) bond motifs is 1. The lowest BCUT2D eigenvalue weighted by Crippen LogP contribution is -2.39. The maximum atomic E-state index is 5.58. The molecule has 1 aromatic carbocycles. The SMILES string of the molecule is CN=C(NCCCOCC(C)C)NCCc1ccc2c(c1)CCO2. The lowest BCUT2D eigenvalue weighted by molar-refractivity contribution is 0.108. The van der Waals surface area contributed by atoms with Crippen LogP contribution in [0.15, 0.2) is 23.2 Å². The highest BCUT2D eigenvalue weighted by Crippen LogP contribution is 2.25. The molecule has 2 N–H and O–H groups in total. The first-order valence-corrected chi connectivity index (χ1v) is 8.96. The Bertz CT molecular complexity index is 529. The van der Waals surface area contributed by atoms with Crippen LogP contribution in [-0.4, -0.2) is 45.9 Å². The van der Waals surface area contributed by atoms with E-state index in [0.29, 0.717) is 5.92 Å². The zero-order valence-electron chi connectivity index (χ0n) is 15.2. The molecule has 0 spiro atoms. The summed E-state index contributed by atoms with van der Waals surface area (Å²) in [6.45, 7) is 8.50. The molecule has 2 rings (SSSR count). The maximum Gasteiger partial charge on any atom is 0.190 e. The third-order valence-corrected chi connectivity index (χ3v) is 3.89. The molecule has 0 saturated carbocycles. The summed E-state index contributed by atoms with van der Waals surface area (Å²) in [6.07, 6.45) is 2.99. The Morgan fingerprint density at radius 2 is 2.12 bits per heavy atom. The Morgan fingerprint density at radius 3 is 2.92 bits per heavy atom. The van der Waals surface area contributed by atoms with Crippen LogP contribution >= 0.6 is 0 Å². The Labute approximate surface area is 145 Å². The van der Waals surface area contributed by atoms with E-state index in [9.17, 15) is 0 Å². The van der Waals surface area contributed by atoms with E-state index in [-0.39, 0.29) is 0 Å². The third-order valence-electron chi connectivity index (χ3n) is 3.89. The fraction of sp³-hybridized carbons (Fsp3) is 0.632. The van der Waals surface area contributed by atoms with Crippen LogP contribution in [0.1, 0.15) is 31.4 Å². The van der Waals surface area contributed by atoms with Crippen molar-refractivity contribution in [1.29, 1.82) is 0 Å². The van der Waals surface area contributed by atoms with Crippen molar-refractivity contribution in [1.82, 2.24) is 10.6 Å². The van der Waals surface area contributed by atoms with Gasteiger partial charge in [-0.1, -0.05) is 26.0 Å². The van der Waals surface area contributed by atoms with Crippen LogP contribution in [0.2, 0.25) is 0 Å². The first-order valence-electron chi connectivity index (χ1n) is 8.96. The Balaban J connectivity index is 1.60. The lowest BCUT2D eigenvalue weighted by Gasteiger charge is -2.12. The molecule has 0 saturated heterocycles. The predicted octanol–water partition coefficient (Wildman–Crippen LogP) is 2.39. The van der Waals surface area contributed by atoms with E-state index in [1.165, 1.54) is 11.1 Å². The normalized spacial score (nSPS) is 13.8. The number of nitrogens with zero attached hydrogens (tertiary/aromatic N) is 1. The first-order chi connectivity index (χ1) is 11.7. The minimum Gasteiger partial charge on any atom is -0.493 e. The Hall–Kier alpha value is -1.75. The van der Waals surface area contributed by atoms with Gasteiger partial charge in [0.05, 0.1) is 6.61 Å². The summed E-state index contributed by atoms with van der Waals surface area (Å²) >= 11 is 0. The molecule has 0 bridgehead atoms. The number of rotatable bonds is 9. The number of guanidine groups is 1. The highest BCUT2D eigenvalue weighted by molar-refractivity contribution is 5.79. The second-order valence-corrected chi connectivity index (χ2v) is 6.54. The summed E-state index contributed by atoms with van der Waals surface area (Å²) < 4.78 is 11.1. The second kappa shape index (κ2) is 10.2. The average molecular weight is 333 g/mol. The molecule has 1 aliphatic heterocycles. The van der Waals surface area contributed by atoms with Crippen LogP contribution < -0.4 is 15.4 Å². The summed E-state index contributed by atoms with van der Waals surface area (Å²) in [4.78, 5) is 4.26. The van der Waals surface area contributed by atoms with Crippen LogP contribution in [-0.2, 0) is 17.6 Å². The van der Waals surface area contributed by atoms with Crippen LogP contribution in [0, 0.1) is 5.92 Å². The molecule has 0 aromatic heterocycles. The van der Waals surface area contributed by atoms with Gasteiger partial charge in [-0.25, -0.2) is 0 Å². The van der Waals surface area contributed by atoms with Gasteiger partial charge in [0.25, 0.3) is 0 Å². The minimum absolute atomic E-state index is 0.596. The van der Waals surface area contributed by atoms with Crippen molar-refractivity contribution in [2.75, 3.05) is 40.0 Å². The minimum atomic E-state index is 0.596. The van der Waals surface area contributed by atoms with Crippen LogP contribution in [0.4, 0.5) is 0 Å². The number of benzene rings is 1. The summed E-state index contributed by atoms with van der Waals surface area (Å²) in [7, 11) is 1.80. The van der Waals surface area contributed by atoms with Crippen molar-refractivity contribution in [2.45, 2.75) is 33.1 Å². The van der Waals surface area contributed by atoms with Crippen LogP contribution in [0.3, 0.4) is 0 Å². The zero-order chi connectivity index (χ0) is 17.2. The zero-order valence-corrected chi connectivity index (χ0v) is 15.2. The van der Waals surface area contributed by atoms with Gasteiger partial charge >= 0.3 is 0 Å². The molecule has 0 unspecified atom stereocenters. The van der Waals surface area contributed by atoms with Gasteiger partial charge in [-0.15, -0.1) is 0 Å². The smallest absolute Gasteiger partial charge is 0.190 e. The lowest BCUT2D eigenvalue weighted by atomic mass is 10.1. The van der Waals surface area contributed by atoms with Gasteiger partial charge in [0, 0.05) is 39.8 Å². The molecule has 5 nitrogen and oxygen atoms in total. The van der Waals surface area contributed by atoms with Gasteiger partial charge in [-0.3, -0.25) is 4.99 Å². The number of nitrogens with one attached hydrogen (secondary N) is 2. The molecule has 0 radical (unpaired) electrons. The fourth-order valence-electron chi connectivity index (χ4n) is 2.64. The summed E-state index contributed by atoms with van der Waals surface area (Å²) in [5, 5.41) is 6.69. The molecule has 134 valence electrons. The Morgan fingerprint density at radius 1 is 1.29 bits per heavy atom. The molecule has 0 fully saturated rings. The number of hydrogen-bond acceptors (Lipinski definition) is 3. The van der Waals surface area contributed by atoms with Crippen molar-refractivity contribution in [3.05, 3.63) is 29.3 Å².